The number of nitrogens with one attached hydrogen (secondary N) is 2. The summed E-state index contributed by atoms with van der Waals surface area (Å²) < 4.78 is 19.5. The topological polar surface area (TPSA) is 132 Å². The summed E-state index contributed by atoms with van der Waals surface area (Å²) >= 11 is 1.20. The Morgan fingerprint density at radius 3 is 2.79 bits per heavy atom. The highest BCUT2D eigenvalue weighted by molar-refractivity contribution is 8.15. The molecular weight excluding hydrogens is 459 g/mol. The number of nitrogens with zero attached hydrogens (tertiary/aromatic N) is 3. The molecule has 1 aromatic carbocycles. The van der Waals surface area contributed by atoms with E-state index in [1.165, 1.54) is 42.4 Å². The van der Waals surface area contributed by atoms with E-state index in [9.17, 15) is 14.0 Å². The number of aromatic nitrogens is 2. The van der Waals surface area contributed by atoms with Crippen molar-refractivity contribution in [3.8, 4) is 18.2 Å². The number of nitrogens with two attached hydrogens (primary N) is 1. The van der Waals surface area contributed by atoms with E-state index in [0.717, 1.165) is 0 Å². The zero-order chi connectivity index (χ0) is 24.7. The standard InChI is InChI=1S/C23H23FN6O3S/c1-5-12(2)33-18-11-27-16(10-28-18)19(31)29-13-6-7-15(24)14(8-13)22(3)17-9-23(17,20(32)26-4)34-21(25)30-22/h1,6-8,10-12,17H,9H2,2-4H3,(H2,25,30)(H,26,32)(H,29,31)/t12-,17-,22+,23-/m0/s1. The maximum atomic E-state index is 15.0. The zero-order valence-electron chi connectivity index (χ0n) is 18.8. The largest absolute Gasteiger partial charge is 0.460 e. The van der Waals surface area contributed by atoms with Gasteiger partial charge in [0.2, 0.25) is 11.8 Å². The monoisotopic (exact) mass is 482 g/mol. The Balaban J connectivity index is 1.57. The average molecular weight is 483 g/mol. The first kappa shape index (κ1) is 23.5. The number of carbonyl (C=O) groups is 2. The summed E-state index contributed by atoms with van der Waals surface area (Å²) in [5.41, 5.74) is 5.58. The van der Waals surface area contributed by atoms with Crippen molar-refractivity contribution in [1.82, 2.24) is 15.3 Å². The van der Waals surface area contributed by atoms with Crippen molar-refractivity contribution in [3.63, 3.8) is 0 Å². The van der Waals surface area contributed by atoms with Crippen LogP contribution in [-0.2, 0) is 10.3 Å². The molecule has 1 aromatic heterocycles. The quantitative estimate of drug-likeness (QED) is 0.537. The summed E-state index contributed by atoms with van der Waals surface area (Å²) in [6.45, 7) is 3.43. The Kier molecular flexibility index (Phi) is 5.95. The number of thioether (sulfide) groups is 1. The van der Waals surface area contributed by atoms with Crippen molar-refractivity contribution in [2.24, 2.45) is 16.6 Å². The first-order valence-corrected chi connectivity index (χ1v) is 11.3. The highest BCUT2D eigenvalue weighted by atomic mass is 32.2. The molecule has 9 nitrogen and oxygen atoms in total. The molecule has 1 aliphatic heterocycles. The fourth-order valence-corrected chi connectivity index (χ4v) is 5.60. The maximum Gasteiger partial charge on any atom is 0.275 e. The third-order valence-electron chi connectivity index (χ3n) is 5.99. The van der Waals surface area contributed by atoms with Crippen LogP contribution < -0.4 is 21.1 Å². The molecule has 0 unspecified atom stereocenters. The molecule has 1 aliphatic carbocycles. The number of carbonyl (C=O) groups excluding carboxylic acids is 2. The molecule has 11 heteroatoms. The molecule has 1 saturated carbocycles. The minimum absolute atomic E-state index is 0.0370. The number of hydrogen-bond acceptors (Lipinski definition) is 8. The van der Waals surface area contributed by atoms with Crippen molar-refractivity contribution in [2.75, 3.05) is 12.4 Å². The van der Waals surface area contributed by atoms with E-state index in [2.05, 4.69) is 31.5 Å². The van der Waals surface area contributed by atoms with E-state index >= 15 is 0 Å². The summed E-state index contributed by atoms with van der Waals surface area (Å²) in [5, 5.41) is 5.57. The van der Waals surface area contributed by atoms with Crippen LogP contribution in [0.15, 0.2) is 35.6 Å². The van der Waals surface area contributed by atoms with Crippen LogP contribution in [0.25, 0.3) is 0 Å². The van der Waals surface area contributed by atoms with Crippen LogP contribution in [0.3, 0.4) is 0 Å². The summed E-state index contributed by atoms with van der Waals surface area (Å²) in [4.78, 5) is 37.8. The van der Waals surface area contributed by atoms with Crippen LogP contribution in [0.4, 0.5) is 10.1 Å². The number of terminal acetylenes is 1. The zero-order valence-corrected chi connectivity index (χ0v) is 19.6. The fourth-order valence-electron chi connectivity index (χ4n) is 4.18. The second-order valence-corrected chi connectivity index (χ2v) is 9.59. The van der Waals surface area contributed by atoms with Crippen LogP contribution in [0.1, 0.15) is 36.3 Å². The molecule has 4 atom stereocenters. The molecule has 0 spiro atoms. The molecule has 2 heterocycles. The van der Waals surface area contributed by atoms with Gasteiger partial charge in [-0.2, -0.15) is 0 Å². The lowest BCUT2D eigenvalue weighted by Crippen LogP contribution is -2.43. The third kappa shape index (κ3) is 4.05. The Morgan fingerprint density at radius 2 is 2.15 bits per heavy atom. The van der Waals surface area contributed by atoms with Gasteiger partial charge in [0.1, 0.15) is 16.3 Å². The van der Waals surface area contributed by atoms with Crippen molar-refractivity contribution in [2.45, 2.75) is 36.7 Å². The molecule has 4 N–H and O–H groups in total. The lowest BCUT2D eigenvalue weighted by molar-refractivity contribution is -0.121. The molecule has 4 rings (SSSR count). The molecule has 2 amide bonds. The van der Waals surface area contributed by atoms with Crippen molar-refractivity contribution < 1.29 is 18.7 Å². The molecule has 34 heavy (non-hydrogen) atoms. The number of benzene rings is 1. The number of amidine groups is 1. The van der Waals surface area contributed by atoms with E-state index in [4.69, 9.17) is 16.9 Å². The predicted octanol–water partition coefficient (Wildman–Crippen LogP) is 2.05. The van der Waals surface area contributed by atoms with Crippen LogP contribution in [0.2, 0.25) is 0 Å². The van der Waals surface area contributed by atoms with Gasteiger partial charge in [-0.25, -0.2) is 14.4 Å². The summed E-state index contributed by atoms with van der Waals surface area (Å²) in [6.07, 6.45) is 7.84. The Hall–Kier alpha value is -3.65. The molecule has 0 radical (unpaired) electrons. The molecule has 1 fully saturated rings. The highest BCUT2D eigenvalue weighted by Gasteiger charge is 2.70. The van der Waals surface area contributed by atoms with E-state index in [1.54, 1.807) is 20.9 Å². The van der Waals surface area contributed by atoms with Crippen molar-refractivity contribution in [1.29, 1.82) is 0 Å². The number of hydrogen-bond donors (Lipinski definition) is 3. The second-order valence-electron chi connectivity index (χ2n) is 8.24. The number of anilines is 1. The lowest BCUT2D eigenvalue weighted by atomic mass is 9.85. The van der Waals surface area contributed by atoms with Gasteiger partial charge >= 0.3 is 0 Å². The van der Waals surface area contributed by atoms with Gasteiger partial charge < -0.3 is 21.1 Å². The number of fused-ring (bicyclic) bond motifs is 1. The Labute approximate surface area is 200 Å². The molecule has 2 aromatic rings. The molecular formula is C23H23FN6O3S. The summed E-state index contributed by atoms with van der Waals surface area (Å²) in [5.74, 6) is 1.13. The van der Waals surface area contributed by atoms with Gasteiger partial charge in [0, 0.05) is 24.2 Å². The van der Waals surface area contributed by atoms with Gasteiger partial charge in [-0.3, -0.25) is 14.6 Å². The molecule has 0 saturated heterocycles. The smallest absolute Gasteiger partial charge is 0.275 e. The summed E-state index contributed by atoms with van der Waals surface area (Å²) in [7, 11) is 1.56. The van der Waals surface area contributed by atoms with Crippen LogP contribution >= 0.6 is 11.8 Å². The van der Waals surface area contributed by atoms with Gasteiger partial charge in [0.05, 0.1) is 17.9 Å². The van der Waals surface area contributed by atoms with E-state index in [0.29, 0.717) is 12.1 Å². The Bertz CT molecular complexity index is 1230. The van der Waals surface area contributed by atoms with Crippen molar-refractivity contribution >= 4 is 34.4 Å². The number of amides is 2. The van der Waals surface area contributed by atoms with Gasteiger partial charge in [-0.15, -0.1) is 6.42 Å². The molecule has 0 bridgehead atoms. The SMILES string of the molecule is C#C[C@H](C)Oc1cnc(C(=O)Nc2ccc(F)c([C@@]3(C)N=C(N)S[C@@]4(C(=O)NC)C[C@H]43)c2)cn1. The first-order valence-electron chi connectivity index (χ1n) is 10.5. The molecule has 176 valence electrons. The lowest BCUT2D eigenvalue weighted by Gasteiger charge is -2.33. The van der Waals surface area contributed by atoms with Gasteiger partial charge in [0.15, 0.2) is 11.3 Å². The third-order valence-corrected chi connectivity index (χ3v) is 7.29. The van der Waals surface area contributed by atoms with E-state index in [-0.39, 0.29) is 34.1 Å². The van der Waals surface area contributed by atoms with Crippen LogP contribution in [0.5, 0.6) is 5.88 Å². The second kappa shape index (κ2) is 8.61. The Morgan fingerprint density at radius 1 is 1.38 bits per heavy atom. The van der Waals surface area contributed by atoms with Crippen LogP contribution in [0, 0.1) is 24.1 Å². The molecule has 2 aliphatic rings. The minimum atomic E-state index is -1.07. The number of rotatable bonds is 6. The van der Waals surface area contributed by atoms with E-state index in [1.807, 2.05) is 0 Å². The average Bonchev–Trinajstić information content (AvgIpc) is 3.56. The minimum Gasteiger partial charge on any atom is -0.460 e. The van der Waals surface area contributed by atoms with E-state index < -0.39 is 28.1 Å². The first-order chi connectivity index (χ1) is 16.1. The van der Waals surface area contributed by atoms with Gasteiger partial charge in [-0.1, -0.05) is 17.7 Å². The highest BCUT2D eigenvalue weighted by Crippen LogP contribution is 2.66. The number of aliphatic imine (C=N–C) groups is 1. The number of halogens is 1. The fraction of sp³-hybridized carbons (Fsp3) is 0.348. The van der Waals surface area contributed by atoms with Crippen LogP contribution in [-0.4, -0.2) is 44.8 Å². The summed E-state index contributed by atoms with van der Waals surface area (Å²) in [6, 6.07) is 4.19. The van der Waals surface area contributed by atoms with Crippen molar-refractivity contribution in [3.05, 3.63) is 47.7 Å². The number of ether oxygens (including phenoxy) is 1. The normalized spacial score (nSPS) is 25.7. The van der Waals surface area contributed by atoms with Gasteiger partial charge in [0.25, 0.3) is 5.91 Å². The maximum absolute atomic E-state index is 15.0. The van der Waals surface area contributed by atoms with Gasteiger partial charge in [-0.05, 0) is 38.5 Å². The predicted molar refractivity (Wildman–Crippen MR) is 127 cm³/mol.